The van der Waals surface area contributed by atoms with Crippen molar-refractivity contribution in [3.05, 3.63) is 5.82 Å². The van der Waals surface area contributed by atoms with Gasteiger partial charge in [-0.2, -0.15) is 11.8 Å². The molecule has 7 heteroatoms. The molecule has 1 saturated carbocycles. The van der Waals surface area contributed by atoms with E-state index in [2.05, 4.69) is 20.4 Å². The first-order valence-electron chi connectivity index (χ1n) is 6.58. The monoisotopic (exact) mass is 269 g/mol. The summed E-state index contributed by atoms with van der Waals surface area (Å²) >= 11 is 1.92. The average Bonchev–Trinajstić information content (AvgIpc) is 3.16. The molecule has 1 saturated heterocycles. The van der Waals surface area contributed by atoms with Crippen molar-refractivity contribution in [2.75, 3.05) is 38.6 Å². The van der Waals surface area contributed by atoms with Crippen LogP contribution in [0, 0.1) is 0 Å². The fraction of sp³-hybridized carbons (Fsp3) is 0.909. The molecule has 1 aliphatic carbocycles. The molecule has 18 heavy (non-hydrogen) atoms. The van der Waals surface area contributed by atoms with Gasteiger partial charge in [-0.05, 0) is 23.3 Å². The van der Waals surface area contributed by atoms with E-state index >= 15 is 0 Å². The number of hydrogen-bond acceptors (Lipinski definition) is 6. The molecule has 0 bridgehead atoms. The summed E-state index contributed by atoms with van der Waals surface area (Å²) < 4.78 is 7.34. The number of nitrogens with zero attached hydrogens (tertiary/aromatic N) is 5. The first-order valence-corrected chi connectivity index (χ1v) is 7.73. The Kier molecular flexibility index (Phi) is 4.12. The number of aromatic nitrogens is 4. The summed E-state index contributed by atoms with van der Waals surface area (Å²) in [6, 6.07) is 0.579. The van der Waals surface area contributed by atoms with E-state index in [1.807, 2.05) is 16.4 Å². The summed E-state index contributed by atoms with van der Waals surface area (Å²) in [6.45, 7) is 5.04. The Labute approximate surface area is 111 Å². The normalized spacial score (nSPS) is 21.3. The maximum absolute atomic E-state index is 5.34. The highest BCUT2D eigenvalue weighted by Crippen LogP contribution is 2.34. The summed E-state index contributed by atoms with van der Waals surface area (Å²) in [6.07, 6.45) is 2.47. The molecule has 0 radical (unpaired) electrons. The molecule has 3 rings (SSSR count). The first kappa shape index (κ1) is 12.4. The van der Waals surface area contributed by atoms with Gasteiger partial charge in [0.15, 0.2) is 5.82 Å². The molecule has 0 unspecified atom stereocenters. The van der Waals surface area contributed by atoms with Crippen molar-refractivity contribution in [2.24, 2.45) is 0 Å². The van der Waals surface area contributed by atoms with Gasteiger partial charge in [0, 0.05) is 25.4 Å². The number of rotatable bonds is 6. The highest BCUT2D eigenvalue weighted by atomic mass is 32.2. The highest BCUT2D eigenvalue weighted by Gasteiger charge is 2.27. The van der Waals surface area contributed by atoms with Crippen LogP contribution in [0.25, 0.3) is 0 Å². The lowest BCUT2D eigenvalue weighted by Gasteiger charge is -2.26. The van der Waals surface area contributed by atoms with Crippen molar-refractivity contribution < 1.29 is 4.74 Å². The molecular formula is C11H19N5OS. The molecule has 0 aromatic carbocycles. The number of hydrogen-bond donors (Lipinski definition) is 0. The Morgan fingerprint density at radius 1 is 1.28 bits per heavy atom. The molecule has 100 valence electrons. The largest absolute Gasteiger partial charge is 0.379 e. The quantitative estimate of drug-likeness (QED) is 0.704. The fourth-order valence-electron chi connectivity index (χ4n) is 2.09. The van der Waals surface area contributed by atoms with Gasteiger partial charge in [-0.25, -0.2) is 4.68 Å². The minimum atomic E-state index is 0.579. The zero-order chi connectivity index (χ0) is 12.2. The number of ether oxygens (including phenoxy) is 1. The van der Waals surface area contributed by atoms with Crippen LogP contribution in [-0.4, -0.2) is 63.7 Å². The molecule has 6 nitrogen and oxygen atoms in total. The second-order valence-electron chi connectivity index (χ2n) is 4.78. The van der Waals surface area contributed by atoms with E-state index in [9.17, 15) is 0 Å². The molecule has 0 atom stereocenters. The van der Waals surface area contributed by atoms with Crippen molar-refractivity contribution in [1.82, 2.24) is 25.1 Å². The van der Waals surface area contributed by atoms with Crippen molar-refractivity contribution in [2.45, 2.75) is 24.6 Å². The lowest BCUT2D eigenvalue weighted by Crippen LogP contribution is -2.37. The zero-order valence-electron chi connectivity index (χ0n) is 10.5. The van der Waals surface area contributed by atoms with Crippen LogP contribution in [0.2, 0.25) is 0 Å². The molecule has 2 heterocycles. The smallest absolute Gasteiger partial charge is 0.161 e. The Hall–Kier alpha value is -0.660. The van der Waals surface area contributed by atoms with Gasteiger partial charge in [0.1, 0.15) is 0 Å². The third kappa shape index (κ3) is 3.21. The van der Waals surface area contributed by atoms with E-state index in [0.717, 1.165) is 50.2 Å². The predicted octanol–water partition coefficient (Wildman–Crippen LogP) is 0.573. The van der Waals surface area contributed by atoms with E-state index < -0.39 is 0 Å². The Morgan fingerprint density at radius 2 is 2.11 bits per heavy atom. The third-order valence-electron chi connectivity index (χ3n) is 3.34. The van der Waals surface area contributed by atoms with Gasteiger partial charge in [-0.1, -0.05) is 0 Å². The molecule has 0 amide bonds. The van der Waals surface area contributed by atoms with Crippen LogP contribution >= 0.6 is 11.8 Å². The fourth-order valence-corrected chi connectivity index (χ4v) is 3.00. The molecule has 1 aromatic rings. The molecular weight excluding hydrogens is 250 g/mol. The van der Waals surface area contributed by atoms with Gasteiger partial charge in [0.05, 0.1) is 25.0 Å². The first-order chi connectivity index (χ1) is 8.93. The van der Waals surface area contributed by atoms with Crippen LogP contribution in [0.5, 0.6) is 0 Å². The van der Waals surface area contributed by atoms with Crippen molar-refractivity contribution in [3.63, 3.8) is 0 Å². The number of thioether (sulfide) groups is 1. The summed E-state index contributed by atoms with van der Waals surface area (Å²) in [7, 11) is 0. The maximum atomic E-state index is 5.34. The number of morpholine rings is 1. The van der Waals surface area contributed by atoms with Crippen LogP contribution in [-0.2, 0) is 10.5 Å². The van der Waals surface area contributed by atoms with Gasteiger partial charge in [0.2, 0.25) is 0 Å². The minimum Gasteiger partial charge on any atom is -0.379 e. The van der Waals surface area contributed by atoms with Gasteiger partial charge >= 0.3 is 0 Å². The second kappa shape index (κ2) is 5.99. The SMILES string of the molecule is C1CN(CCSCc2nnnn2C2CC2)CCO1. The van der Waals surface area contributed by atoms with Crippen molar-refractivity contribution in [3.8, 4) is 0 Å². The Morgan fingerprint density at radius 3 is 2.89 bits per heavy atom. The van der Waals surface area contributed by atoms with Crippen LogP contribution in [0.4, 0.5) is 0 Å². The molecule has 2 fully saturated rings. The highest BCUT2D eigenvalue weighted by molar-refractivity contribution is 7.98. The van der Waals surface area contributed by atoms with Gasteiger partial charge in [-0.15, -0.1) is 5.10 Å². The molecule has 1 aromatic heterocycles. The molecule has 0 N–H and O–H groups in total. The zero-order valence-corrected chi connectivity index (χ0v) is 11.3. The second-order valence-corrected chi connectivity index (χ2v) is 5.88. The van der Waals surface area contributed by atoms with E-state index in [4.69, 9.17) is 4.74 Å². The Balaban J connectivity index is 1.37. The van der Waals surface area contributed by atoms with Crippen molar-refractivity contribution >= 4 is 11.8 Å². The predicted molar refractivity (Wildman–Crippen MR) is 69.5 cm³/mol. The molecule has 1 aliphatic heterocycles. The van der Waals surface area contributed by atoms with Gasteiger partial charge in [-0.3, -0.25) is 4.90 Å². The maximum Gasteiger partial charge on any atom is 0.161 e. The summed E-state index contributed by atoms with van der Waals surface area (Å²) in [5.74, 6) is 3.09. The van der Waals surface area contributed by atoms with Crippen LogP contribution in [0.1, 0.15) is 24.7 Å². The third-order valence-corrected chi connectivity index (χ3v) is 4.27. The van der Waals surface area contributed by atoms with Crippen molar-refractivity contribution in [1.29, 1.82) is 0 Å². The number of tetrazole rings is 1. The molecule has 2 aliphatic rings. The summed E-state index contributed by atoms with van der Waals surface area (Å²) in [5, 5.41) is 11.9. The standard InChI is InChI=1S/C11H19N5OS/c1-2-10(1)16-11(12-13-14-16)9-18-8-5-15-3-6-17-7-4-15/h10H,1-9H2. The lowest BCUT2D eigenvalue weighted by atomic mass is 10.4. The Bertz CT molecular complexity index is 375. The summed E-state index contributed by atoms with van der Waals surface area (Å²) in [4.78, 5) is 2.46. The molecule has 0 spiro atoms. The lowest BCUT2D eigenvalue weighted by molar-refractivity contribution is 0.0410. The van der Waals surface area contributed by atoms with Crippen LogP contribution in [0.3, 0.4) is 0 Å². The average molecular weight is 269 g/mol. The summed E-state index contributed by atoms with van der Waals surface area (Å²) in [5.41, 5.74) is 0. The van der Waals surface area contributed by atoms with Crippen LogP contribution in [0.15, 0.2) is 0 Å². The van der Waals surface area contributed by atoms with Crippen LogP contribution < -0.4 is 0 Å². The topological polar surface area (TPSA) is 56.1 Å². The van der Waals surface area contributed by atoms with Gasteiger partial charge < -0.3 is 4.74 Å². The van der Waals surface area contributed by atoms with E-state index in [0.29, 0.717) is 6.04 Å². The van der Waals surface area contributed by atoms with E-state index in [1.54, 1.807) is 0 Å². The van der Waals surface area contributed by atoms with E-state index in [1.165, 1.54) is 12.8 Å². The minimum absolute atomic E-state index is 0.579. The van der Waals surface area contributed by atoms with E-state index in [-0.39, 0.29) is 0 Å². The van der Waals surface area contributed by atoms with Gasteiger partial charge in [0.25, 0.3) is 0 Å².